The van der Waals surface area contributed by atoms with Crippen molar-refractivity contribution in [1.82, 2.24) is 4.90 Å². The quantitative estimate of drug-likeness (QED) is 0.625. The molecule has 26 heavy (non-hydrogen) atoms. The second-order valence-electron chi connectivity index (χ2n) is 6.59. The molecule has 1 aliphatic rings. The monoisotopic (exact) mass is 393 g/mol. The molecule has 1 saturated heterocycles. The summed E-state index contributed by atoms with van der Waals surface area (Å²) in [6, 6.07) is 14.7. The molecule has 2 aromatic rings. The van der Waals surface area contributed by atoms with Crippen LogP contribution in [0.2, 0.25) is 0 Å². The predicted molar refractivity (Wildman–Crippen MR) is 109 cm³/mol. The Hall–Kier alpha value is -1.36. The summed E-state index contributed by atoms with van der Waals surface area (Å²) < 4.78 is 12.9. The Morgan fingerprint density at radius 3 is 2.42 bits per heavy atom. The van der Waals surface area contributed by atoms with Crippen LogP contribution in [0.4, 0.5) is 4.39 Å². The first kappa shape index (κ1) is 20.9. The third-order valence-electron chi connectivity index (χ3n) is 4.72. The Bertz CT molecular complexity index is 714. The first-order valence-corrected chi connectivity index (χ1v) is 9.73. The van der Waals surface area contributed by atoms with Gasteiger partial charge in [0.05, 0.1) is 0 Å². The average molecular weight is 394 g/mol. The molecule has 3 rings (SSSR count). The number of hydrogen-bond acceptors (Lipinski definition) is 3. The smallest absolute Gasteiger partial charge is 0.160 e. The van der Waals surface area contributed by atoms with Crippen LogP contribution in [-0.4, -0.2) is 35.6 Å². The largest absolute Gasteiger partial charge is 0.303 e. The Morgan fingerprint density at radius 2 is 1.77 bits per heavy atom. The van der Waals surface area contributed by atoms with Gasteiger partial charge in [-0.25, -0.2) is 4.39 Å². The fourth-order valence-electron chi connectivity index (χ4n) is 3.23. The van der Waals surface area contributed by atoms with E-state index in [1.807, 2.05) is 42.1 Å². The van der Waals surface area contributed by atoms with Crippen LogP contribution in [0.5, 0.6) is 0 Å². The third-order valence-corrected chi connectivity index (χ3v) is 6.14. The van der Waals surface area contributed by atoms with E-state index >= 15 is 0 Å². The van der Waals surface area contributed by atoms with Gasteiger partial charge in [-0.3, -0.25) is 4.79 Å². The Labute approximate surface area is 165 Å². The summed E-state index contributed by atoms with van der Waals surface area (Å²) in [5.74, 6) is -0.0349. The zero-order valence-electron chi connectivity index (χ0n) is 15.0. The number of likely N-dealkylation sites (tertiary alicyclic amines) is 1. The first-order chi connectivity index (χ1) is 12.1. The van der Waals surface area contributed by atoms with E-state index in [9.17, 15) is 9.18 Å². The summed E-state index contributed by atoms with van der Waals surface area (Å²) in [5, 5.41) is 0.572. The highest BCUT2D eigenvalue weighted by atomic mass is 35.5. The third kappa shape index (κ3) is 5.83. The zero-order valence-corrected chi connectivity index (χ0v) is 16.6. The van der Waals surface area contributed by atoms with Gasteiger partial charge < -0.3 is 4.90 Å². The highest BCUT2D eigenvalue weighted by molar-refractivity contribution is 8.00. The molecule has 0 radical (unpaired) electrons. The van der Waals surface area contributed by atoms with Crippen LogP contribution in [0.15, 0.2) is 53.4 Å². The van der Waals surface area contributed by atoms with Crippen molar-refractivity contribution in [1.29, 1.82) is 0 Å². The molecule has 1 aliphatic heterocycles. The maximum atomic E-state index is 12.9. The molecule has 0 bridgehead atoms. The molecule has 0 saturated carbocycles. The summed E-state index contributed by atoms with van der Waals surface area (Å²) in [5.41, 5.74) is 2.03. The van der Waals surface area contributed by atoms with E-state index in [-0.39, 0.29) is 24.0 Å². The van der Waals surface area contributed by atoms with Crippen molar-refractivity contribution in [3.63, 3.8) is 0 Å². The Kier molecular flexibility index (Phi) is 8.14. The minimum atomic E-state index is -0.174. The molecule has 0 spiro atoms. The second-order valence-corrected chi connectivity index (χ2v) is 7.93. The number of thioether (sulfide) groups is 1. The van der Waals surface area contributed by atoms with Crippen molar-refractivity contribution in [2.45, 2.75) is 36.3 Å². The van der Waals surface area contributed by atoms with Gasteiger partial charge in [-0.15, -0.1) is 24.2 Å². The number of carbonyl (C=O) groups is 1. The van der Waals surface area contributed by atoms with Gasteiger partial charge in [0.1, 0.15) is 5.82 Å². The van der Waals surface area contributed by atoms with Gasteiger partial charge >= 0.3 is 0 Å². The number of halogens is 2. The molecule has 2 aromatic carbocycles. The van der Waals surface area contributed by atoms with E-state index in [2.05, 4.69) is 11.0 Å². The lowest BCUT2D eigenvalue weighted by atomic mass is 10.1. The molecule has 0 atom stereocenters. The molecule has 140 valence electrons. The van der Waals surface area contributed by atoms with E-state index < -0.39 is 0 Å². The highest BCUT2D eigenvalue weighted by Gasteiger charge is 2.21. The van der Waals surface area contributed by atoms with Gasteiger partial charge in [0.25, 0.3) is 0 Å². The minimum absolute atomic E-state index is 0. The Morgan fingerprint density at radius 1 is 1.12 bits per heavy atom. The van der Waals surface area contributed by atoms with Gasteiger partial charge in [0, 0.05) is 22.3 Å². The molecule has 0 N–H and O–H groups in total. The molecule has 0 aromatic heterocycles. The fraction of sp³-hybridized carbons (Fsp3) is 0.381. The lowest BCUT2D eigenvalue weighted by molar-refractivity contribution is 0.101. The summed E-state index contributed by atoms with van der Waals surface area (Å²) in [6.07, 6.45) is 3.24. The van der Waals surface area contributed by atoms with Crippen LogP contribution in [0, 0.1) is 5.82 Å². The maximum absolute atomic E-state index is 12.9. The summed E-state index contributed by atoms with van der Waals surface area (Å²) in [6.45, 7) is 4.83. The molecule has 0 aliphatic carbocycles. The normalized spacial score (nSPS) is 15.5. The van der Waals surface area contributed by atoms with Crippen LogP contribution in [0.1, 0.15) is 35.7 Å². The number of Topliss-reactive ketones (excluding diaryl/α,β-unsaturated/α-hetero) is 1. The highest BCUT2D eigenvalue weighted by Crippen LogP contribution is 2.32. The van der Waals surface area contributed by atoms with Gasteiger partial charge in [-0.1, -0.05) is 30.3 Å². The number of benzene rings is 2. The molecule has 1 fully saturated rings. The van der Waals surface area contributed by atoms with E-state index in [4.69, 9.17) is 0 Å². The van der Waals surface area contributed by atoms with Crippen molar-refractivity contribution in [2.75, 3.05) is 19.6 Å². The summed E-state index contributed by atoms with van der Waals surface area (Å²) in [7, 11) is 0. The van der Waals surface area contributed by atoms with Crippen molar-refractivity contribution >= 4 is 30.0 Å². The molecular weight excluding hydrogens is 369 g/mol. The van der Waals surface area contributed by atoms with Gasteiger partial charge in [-0.2, -0.15) is 0 Å². The van der Waals surface area contributed by atoms with E-state index in [1.165, 1.54) is 17.7 Å². The van der Waals surface area contributed by atoms with Gasteiger partial charge in [-0.05, 0) is 63.0 Å². The fourth-order valence-corrected chi connectivity index (χ4v) is 4.53. The Balaban J connectivity index is 0.00000243. The summed E-state index contributed by atoms with van der Waals surface area (Å²) in [4.78, 5) is 15.4. The number of hydrogen-bond donors (Lipinski definition) is 0. The van der Waals surface area contributed by atoms with Crippen LogP contribution in [0.3, 0.4) is 0 Å². The number of carbonyl (C=O) groups excluding carboxylic acids is 1. The molecule has 0 amide bonds. The SMILES string of the molecule is CC(=O)c1ccccc1SC1CCN(CCc2ccc(F)cc2)CC1.Cl. The van der Waals surface area contributed by atoms with E-state index in [1.54, 1.807) is 6.92 Å². The van der Waals surface area contributed by atoms with Crippen molar-refractivity contribution in [3.05, 3.63) is 65.5 Å². The molecule has 0 unspecified atom stereocenters. The van der Waals surface area contributed by atoms with Crippen LogP contribution < -0.4 is 0 Å². The first-order valence-electron chi connectivity index (χ1n) is 8.85. The molecule has 1 heterocycles. The number of rotatable bonds is 6. The molecule has 5 heteroatoms. The van der Waals surface area contributed by atoms with Crippen molar-refractivity contribution in [2.24, 2.45) is 0 Å². The van der Waals surface area contributed by atoms with E-state index in [0.717, 1.165) is 49.4 Å². The molecule has 2 nitrogen and oxygen atoms in total. The van der Waals surface area contributed by atoms with Crippen LogP contribution in [-0.2, 0) is 6.42 Å². The van der Waals surface area contributed by atoms with Crippen molar-refractivity contribution in [3.8, 4) is 0 Å². The number of piperidine rings is 1. The topological polar surface area (TPSA) is 20.3 Å². The van der Waals surface area contributed by atoms with Gasteiger partial charge in [0.15, 0.2) is 5.78 Å². The number of ketones is 1. The lowest BCUT2D eigenvalue weighted by Crippen LogP contribution is -2.36. The van der Waals surface area contributed by atoms with Gasteiger partial charge in [0.2, 0.25) is 0 Å². The van der Waals surface area contributed by atoms with Crippen molar-refractivity contribution < 1.29 is 9.18 Å². The lowest BCUT2D eigenvalue weighted by Gasteiger charge is -2.31. The van der Waals surface area contributed by atoms with Crippen LogP contribution >= 0.6 is 24.2 Å². The average Bonchev–Trinajstić information content (AvgIpc) is 2.63. The van der Waals surface area contributed by atoms with Crippen LogP contribution in [0.25, 0.3) is 0 Å². The zero-order chi connectivity index (χ0) is 17.6. The number of nitrogens with zero attached hydrogens (tertiary/aromatic N) is 1. The predicted octanol–water partition coefficient (Wildman–Crippen LogP) is 5.25. The minimum Gasteiger partial charge on any atom is -0.303 e. The standard InChI is InChI=1S/C21H24FNOS.ClH/c1-16(24)20-4-2-3-5-21(20)25-19-11-14-23(15-12-19)13-10-17-6-8-18(22)9-7-17;/h2-9,19H,10-15H2,1H3;1H. The maximum Gasteiger partial charge on any atom is 0.160 e. The van der Waals surface area contributed by atoms with E-state index in [0.29, 0.717) is 5.25 Å². The second kappa shape index (κ2) is 10.1. The summed E-state index contributed by atoms with van der Waals surface area (Å²) >= 11 is 1.85. The molecular formula is C21H25ClFNOS.